The van der Waals surface area contributed by atoms with E-state index in [4.69, 9.17) is 4.74 Å². The van der Waals surface area contributed by atoms with Crippen molar-refractivity contribution in [1.29, 1.82) is 0 Å². The Morgan fingerprint density at radius 2 is 1.77 bits per heavy atom. The van der Waals surface area contributed by atoms with Crippen LogP contribution in [-0.4, -0.2) is 23.1 Å². The van der Waals surface area contributed by atoms with Gasteiger partial charge in [-0.1, -0.05) is 6.07 Å². The zero-order valence-electron chi connectivity index (χ0n) is 13.5. The van der Waals surface area contributed by atoms with E-state index in [9.17, 15) is 18.4 Å². The van der Waals surface area contributed by atoms with Crippen LogP contribution in [0.4, 0.5) is 14.5 Å². The summed E-state index contributed by atoms with van der Waals surface area (Å²) < 4.78 is 33.3. The number of halogens is 2. The third-order valence-electron chi connectivity index (χ3n) is 3.52. The number of nitrogens with zero attached hydrogens (tertiary/aromatic N) is 1. The van der Waals surface area contributed by atoms with Gasteiger partial charge in [0.15, 0.2) is 6.61 Å². The lowest BCUT2D eigenvalue weighted by Gasteiger charge is -2.09. The monoisotopic (exact) mass is 356 g/mol. The maximum atomic E-state index is 13.5. The molecule has 1 heterocycles. The van der Waals surface area contributed by atoms with Gasteiger partial charge in [0, 0.05) is 24.1 Å². The average Bonchev–Trinajstić information content (AvgIpc) is 3.17. The van der Waals surface area contributed by atoms with Crippen LogP contribution in [0.1, 0.15) is 10.4 Å². The summed E-state index contributed by atoms with van der Waals surface area (Å²) in [5, 5.41) is 2.16. The zero-order chi connectivity index (χ0) is 18.5. The van der Waals surface area contributed by atoms with Crippen LogP contribution in [0.25, 0.3) is 5.69 Å². The summed E-state index contributed by atoms with van der Waals surface area (Å²) in [6.45, 7) is -0.622. The van der Waals surface area contributed by atoms with Crippen molar-refractivity contribution in [2.75, 3.05) is 11.9 Å². The molecule has 1 aromatic heterocycles. The van der Waals surface area contributed by atoms with Crippen molar-refractivity contribution in [2.45, 2.75) is 0 Å². The molecule has 1 amide bonds. The molecular weight excluding hydrogens is 342 g/mol. The molecule has 3 rings (SSSR count). The van der Waals surface area contributed by atoms with Crippen molar-refractivity contribution in [2.24, 2.45) is 0 Å². The smallest absolute Gasteiger partial charge is 0.338 e. The highest BCUT2D eigenvalue weighted by Crippen LogP contribution is 2.15. The van der Waals surface area contributed by atoms with Gasteiger partial charge in [-0.15, -0.1) is 0 Å². The van der Waals surface area contributed by atoms with E-state index in [0.29, 0.717) is 0 Å². The first kappa shape index (κ1) is 17.3. The second kappa shape index (κ2) is 7.60. The Morgan fingerprint density at radius 1 is 1.00 bits per heavy atom. The van der Waals surface area contributed by atoms with E-state index < -0.39 is 30.1 Å². The SMILES string of the molecule is O=C(COC(=O)c1cccc(-n2cccc2)c1)Nc1cc(F)ccc1F. The van der Waals surface area contributed by atoms with Crippen molar-refractivity contribution in [1.82, 2.24) is 4.57 Å². The molecule has 0 spiro atoms. The summed E-state index contributed by atoms with van der Waals surface area (Å²) in [6, 6.07) is 13.0. The molecule has 5 nitrogen and oxygen atoms in total. The topological polar surface area (TPSA) is 60.3 Å². The molecule has 0 aliphatic rings. The van der Waals surface area contributed by atoms with E-state index in [-0.39, 0.29) is 11.3 Å². The molecule has 0 unspecified atom stereocenters. The van der Waals surface area contributed by atoms with Gasteiger partial charge in [-0.25, -0.2) is 13.6 Å². The number of carbonyl (C=O) groups excluding carboxylic acids is 2. The first-order valence-corrected chi connectivity index (χ1v) is 7.68. The molecule has 0 saturated carbocycles. The normalized spacial score (nSPS) is 10.4. The summed E-state index contributed by atoms with van der Waals surface area (Å²) in [6.07, 6.45) is 3.65. The highest BCUT2D eigenvalue weighted by atomic mass is 19.1. The summed E-state index contributed by atoms with van der Waals surface area (Å²) >= 11 is 0. The maximum Gasteiger partial charge on any atom is 0.338 e. The van der Waals surface area contributed by atoms with Gasteiger partial charge in [-0.05, 0) is 42.5 Å². The number of ether oxygens (including phenoxy) is 1. The van der Waals surface area contributed by atoms with Gasteiger partial charge in [-0.2, -0.15) is 0 Å². The van der Waals surface area contributed by atoms with E-state index in [1.807, 2.05) is 35.2 Å². The summed E-state index contributed by atoms with van der Waals surface area (Å²) in [7, 11) is 0. The van der Waals surface area contributed by atoms with Crippen molar-refractivity contribution in [3.05, 3.63) is 84.2 Å². The lowest BCUT2D eigenvalue weighted by molar-refractivity contribution is -0.119. The van der Waals surface area contributed by atoms with E-state index >= 15 is 0 Å². The van der Waals surface area contributed by atoms with Crippen LogP contribution < -0.4 is 5.32 Å². The standard InChI is InChI=1S/C19H14F2N2O3/c20-14-6-7-16(21)17(11-14)22-18(24)12-26-19(25)13-4-3-5-15(10-13)23-8-1-2-9-23/h1-11H,12H2,(H,22,24). The zero-order valence-corrected chi connectivity index (χ0v) is 13.5. The Hall–Kier alpha value is -3.48. The number of anilines is 1. The molecule has 0 aliphatic heterocycles. The number of hydrogen-bond acceptors (Lipinski definition) is 3. The highest BCUT2D eigenvalue weighted by molar-refractivity contribution is 5.95. The molecule has 7 heteroatoms. The van der Waals surface area contributed by atoms with E-state index in [1.54, 1.807) is 18.2 Å². The second-order valence-corrected chi connectivity index (χ2v) is 5.39. The van der Waals surface area contributed by atoms with E-state index in [0.717, 1.165) is 23.9 Å². The van der Waals surface area contributed by atoms with Crippen LogP contribution in [0.2, 0.25) is 0 Å². The summed E-state index contributed by atoms with van der Waals surface area (Å²) in [5.74, 6) is -2.95. The summed E-state index contributed by atoms with van der Waals surface area (Å²) in [4.78, 5) is 23.9. The van der Waals surface area contributed by atoms with Crippen LogP contribution in [0.15, 0.2) is 67.0 Å². The third kappa shape index (κ3) is 4.13. The number of nitrogens with one attached hydrogen (secondary N) is 1. The lowest BCUT2D eigenvalue weighted by atomic mass is 10.2. The highest BCUT2D eigenvalue weighted by Gasteiger charge is 2.13. The second-order valence-electron chi connectivity index (χ2n) is 5.39. The van der Waals surface area contributed by atoms with Crippen molar-refractivity contribution < 1.29 is 23.1 Å². The molecule has 0 saturated heterocycles. The van der Waals surface area contributed by atoms with Gasteiger partial charge in [0.1, 0.15) is 11.6 Å². The molecule has 0 bridgehead atoms. The number of amides is 1. The minimum Gasteiger partial charge on any atom is -0.452 e. The number of aromatic nitrogens is 1. The number of esters is 1. The largest absolute Gasteiger partial charge is 0.452 e. The quantitative estimate of drug-likeness (QED) is 0.711. The average molecular weight is 356 g/mol. The lowest BCUT2D eigenvalue weighted by Crippen LogP contribution is -2.21. The van der Waals surface area contributed by atoms with E-state index in [2.05, 4.69) is 5.32 Å². The van der Waals surface area contributed by atoms with Gasteiger partial charge < -0.3 is 14.6 Å². The molecule has 1 N–H and O–H groups in total. The molecule has 0 atom stereocenters. The number of rotatable bonds is 5. The molecule has 3 aromatic rings. The molecule has 0 radical (unpaired) electrons. The van der Waals surface area contributed by atoms with Crippen molar-refractivity contribution >= 4 is 17.6 Å². The first-order valence-electron chi connectivity index (χ1n) is 7.68. The van der Waals surface area contributed by atoms with Crippen LogP contribution in [0, 0.1) is 11.6 Å². The Labute approximate surface area is 147 Å². The van der Waals surface area contributed by atoms with Crippen molar-refractivity contribution in [3.8, 4) is 5.69 Å². The third-order valence-corrected chi connectivity index (χ3v) is 3.52. The minimum absolute atomic E-state index is 0.265. The van der Waals surface area contributed by atoms with Gasteiger partial charge >= 0.3 is 5.97 Å². The fourth-order valence-electron chi connectivity index (χ4n) is 2.29. The first-order chi connectivity index (χ1) is 12.5. The van der Waals surface area contributed by atoms with Gasteiger partial charge in [0.05, 0.1) is 11.3 Å². The Kier molecular flexibility index (Phi) is 5.07. The predicted octanol–water partition coefficient (Wildman–Crippen LogP) is 3.55. The fraction of sp³-hybridized carbons (Fsp3) is 0.0526. The maximum absolute atomic E-state index is 13.5. The van der Waals surface area contributed by atoms with Crippen LogP contribution in [0.3, 0.4) is 0 Å². The Morgan fingerprint density at radius 3 is 2.54 bits per heavy atom. The molecule has 2 aromatic carbocycles. The van der Waals surface area contributed by atoms with Gasteiger partial charge in [0.25, 0.3) is 5.91 Å². The molecular formula is C19H14F2N2O3. The number of hydrogen-bond donors (Lipinski definition) is 1. The molecule has 0 aliphatic carbocycles. The molecule has 26 heavy (non-hydrogen) atoms. The fourth-order valence-corrected chi connectivity index (χ4v) is 2.29. The predicted molar refractivity (Wildman–Crippen MR) is 91.0 cm³/mol. The van der Waals surface area contributed by atoms with Crippen LogP contribution in [0.5, 0.6) is 0 Å². The van der Waals surface area contributed by atoms with Gasteiger partial charge in [-0.3, -0.25) is 4.79 Å². The Bertz CT molecular complexity index is 940. The minimum atomic E-state index is -0.787. The molecule has 132 valence electrons. The number of benzene rings is 2. The van der Waals surface area contributed by atoms with Gasteiger partial charge in [0.2, 0.25) is 0 Å². The van der Waals surface area contributed by atoms with E-state index in [1.165, 1.54) is 0 Å². The van der Waals surface area contributed by atoms with Crippen LogP contribution >= 0.6 is 0 Å². The van der Waals surface area contributed by atoms with Crippen LogP contribution in [-0.2, 0) is 9.53 Å². The Balaban J connectivity index is 1.61. The summed E-state index contributed by atoms with van der Waals surface area (Å²) in [5.41, 5.74) is 0.706. The number of carbonyl (C=O) groups is 2. The molecule has 0 fully saturated rings. The van der Waals surface area contributed by atoms with Crippen molar-refractivity contribution in [3.63, 3.8) is 0 Å².